The number of nitrogens with zero attached hydrogens (tertiary/aromatic N) is 1. The van der Waals surface area contributed by atoms with Gasteiger partial charge in [-0.15, -0.1) is 11.3 Å². The van der Waals surface area contributed by atoms with Gasteiger partial charge < -0.3 is 10.2 Å². The fourth-order valence-electron chi connectivity index (χ4n) is 1.64. The van der Waals surface area contributed by atoms with E-state index in [4.69, 9.17) is 0 Å². The van der Waals surface area contributed by atoms with Gasteiger partial charge in [0.1, 0.15) is 0 Å². The third kappa shape index (κ3) is 1.96. The topological polar surface area (TPSA) is 32.3 Å². The molecule has 1 N–H and O–H groups in total. The van der Waals surface area contributed by atoms with Crippen molar-refractivity contribution in [3.63, 3.8) is 0 Å². The summed E-state index contributed by atoms with van der Waals surface area (Å²) in [6, 6.07) is 4.07. The molecule has 1 aliphatic heterocycles. The van der Waals surface area contributed by atoms with E-state index in [0.717, 1.165) is 19.6 Å². The number of carbonyl (C=O) groups excluding carboxylic acids is 1. The average Bonchev–Trinajstić information content (AvgIpc) is 2.66. The lowest BCUT2D eigenvalue weighted by Gasteiger charge is -2.31. The van der Waals surface area contributed by atoms with E-state index in [0.29, 0.717) is 0 Å². The lowest BCUT2D eigenvalue weighted by molar-refractivity contribution is -0.135. The van der Waals surface area contributed by atoms with Gasteiger partial charge in [0.2, 0.25) is 5.91 Å². The van der Waals surface area contributed by atoms with Gasteiger partial charge in [0.25, 0.3) is 0 Å². The number of amides is 1. The van der Waals surface area contributed by atoms with Gasteiger partial charge in [-0.1, -0.05) is 6.07 Å². The Morgan fingerprint density at radius 2 is 2.57 bits per heavy atom. The zero-order valence-corrected chi connectivity index (χ0v) is 9.01. The number of piperazine rings is 1. The van der Waals surface area contributed by atoms with Gasteiger partial charge in [-0.2, -0.15) is 0 Å². The fourth-order valence-corrected chi connectivity index (χ4v) is 2.35. The predicted molar refractivity (Wildman–Crippen MR) is 57.2 cm³/mol. The number of hydrogen-bond acceptors (Lipinski definition) is 3. The first kappa shape index (κ1) is 9.68. The van der Waals surface area contributed by atoms with E-state index in [1.165, 1.54) is 4.88 Å². The Morgan fingerprint density at radius 3 is 3.29 bits per heavy atom. The van der Waals surface area contributed by atoms with Crippen LogP contribution < -0.4 is 5.32 Å². The minimum absolute atomic E-state index is 0.0243. The molecule has 1 unspecified atom stereocenters. The van der Waals surface area contributed by atoms with E-state index in [1.807, 2.05) is 23.3 Å². The summed E-state index contributed by atoms with van der Waals surface area (Å²) in [6.07, 6.45) is 0. The van der Waals surface area contributed by atoms with Crippen molar-refractivity contribution in [2.75, 3.05) is 13.1 Å². The van der Waals surface area contributed by atoms with Crippen molar-refractivity contribution in [3.05, 3.63) is 22.4 Å². The summed E-state index contributed by atoms with van der Waals surface area (Å²) < 4.78 is 0. The van der Waals surface area contributed by atoms with E-state index >= 15 is 0 Å². The summed E-state index contributed by atoms with van der Waals surface area (Å²) in [6.45, 7) is 4.41. The van der Waals surface area contributed by atoms with Gasteiger partial charge >= 0.3 is 0 Å². The summed E-state index contributed by atoms with van der Waals surface area (Å²) in [4.78, 5) is 14.9. The van der Waals surface area contributed by atoms with Crippen molar-refractivity contribution in [2.24, 2.45) is 0 Å². The second kappa shape index (κ2) is 4.11. The van der Waals surface area contributed by atoms with Crippen LogP contribution in [0.25, 0.3) is 0 Å². The maximum absolute atomic E-state index is 11.7. The average molecular weight is 210 g/mol. The molecule has 2 rings (SSSR count). The first-order valence-electron chi connectivity index (χ1n) is 4.82. The highest BCUT2D eigenvalue weighted by atomic mass is 32.1. The third-order valence-corrected chi connectivity index (χ3v) is 3.30. The summed E-state index contributed by atoms with van der Waals surface area (Å²) in [5, 5.41) is 5.20. The van der Waals surface area contributed by atoms with Crippen LogP contribution >= 0.6 is 11.3 Å². The quantitative estimate of drug-likeness (QED) is 0.792. The molecule has 0 spiro atoms. The standard InChI is InChI=1S/C10H14N2OS/c1-8-10(13)12(5-4-11-8)7-9-3-2-6-14-9/h2-3,6,8,11H,4-5,7H2,1H3. The number of nitrogens with one attached hydrogen (secondary N) is 1. The maximum Gasteiger partial charge on any atom is 0.239 e. The van der Waals surface area contributed by atoms with Crippen LogP contribution in [0.4, 0.5) is 0 Å². The molecular weight excluding hydrogens is 196 g/mol. The molecule has 1 aromatic rings. The van der Waals surface area contributed by atoms with Crippen LogP contribution in [-0.4, -0.2) is 29.9 Å². The monoisotopic (exact) mass is 210 g/mol. The Bertz CT molecular complexity index is 310. The molecule has 1 atom stereocenters. The van der Waals surface area contributed by atoms with Gasteiger partial charge in [-0.3, -0.25) is 4.79 Å². The molecule has 0 saturated carbocycles. The van der Waals surface area contributed by atoms with Crippen LogP contribution in [0.2, 0.25) is 0 Å². The van der Waals surface area contributed by atoms with Crippen molar-refractivity contribution < 1.29 is 4.79 Å². The van der Waals surface area contributed by atoms with Crippen LogP contribution in [0.5, 0.6) is 0 Å². The van der Waals surface area contributed by atoms with Gasteiger partial charge in [0.15, 0.2) is 0 Å². The van der Waals surface area contributed by atoms with Gasteiger partial charge in [-0.05, 0) is 18.4 Å². The normalized spacial score (nSPS) is 22.8. The minimum Gasteiger partial charge on any atom is -0.335 e. The summed E-state index contributed by atoms with van der Waals surface area (Å²) in [7, 11) is 0. The number of carbonyl (C=O) groups is 1. The molecule has 2 heterocycles. The number of rotatable bonds is 2. The van der Waals surface area contributed by atoms with Gasteiger partial charge in [0.05, 0.1) is 12.6 Å². The Morgan fingerprint density at radius 1 is 1.71 bits per heavy atom. The molecule has 1 saturated heterocycles. The zero-order valence-electron chi connectivity index (χ0n) is 8.19. The van der Waals surface area contributed by atoms with Crippen molar-refractivity contribution in [3.8, 4) is 0 Å². The molecule has 76 valence electrons. The van der Waals surface area contributed by atoms with Crippen molar-refractivity contribution in [1.82, 2.24) is 10.2 Å². The highest BCUT2D eigenvalue weighted by Gasteiger charge is 2.24. The Kier molecular flexibility index (Phi) is 2.84. The zero-order chi connectivity index (χ0) is 9.97. The molecule has 0 radical (unpaired) electrons. The molecule has 0 bridgehead atoms. The predicted octanol–water partition coefficient (Wildman–Crippen LogP) is 1.07. The van der Waals surface area contributed by atoms with E-state index < -0.39 is 0 Å². The van der Waals surface area contributed by atoms with Crippen LogP contribution in [0.3, 0.4) is 0 Å². The second-order valence-electron chi connectivity index (χ2n) is 3.51. The Balaban J connectivity index is 2.00. The fraction of sp³-hybridized carbons (Fsp3) is 0.500. The van der Waals surface area contributed by atoms with Crippen molar-refractivity contribution in [2.45, 2.75) is 19.5 Å². The molecule has 1 aliphatic rings. The van der Waals surface area contributed by atoms with Crippen molar-refractivity contribution >= 4 is 17.2 Å². The first-order chi connectivity index (χ1) is 6.77. The minimum atomic E-state index is -0.0243. The molecule has 1 aromatic heterocycles. The van der Waals surface area contributed by atoms with Gasteiger partial charge in [-0.25, -0.2) is 0 Å². The lowest BCUT2D eigenvalue weighted by Crippen LogP contribution is -2.53. The van der Waals surface area contributed by atoms with E-state index in [2.05, 4.69) is 11.4 Å². The smallest absolute Gasteiger partial charge is 0.239 e. The lowest BCUT2D eigenvalue weighted by atomic mass is 10.2. The van der Waals surface area contributed by atoms with E-state index in [-0.39, 0.29) is 11.9 Å². The van der Waals surface area contributed by atoms with Crippen LogP contribution in [0.1, 0.15) is 11.8 Å². The van der Waals surface area contributed by atoms with Gasteiger partial charge in [0, 0.05) is 18.0 Å². The van der Waals surface area contributed by atoms with E-state index in [9.17, 15) is 4.79 Å². The SMILES string of the molecule is CC1NCCN(Cc2cccs2)C1=O. The first-order valence-corrected chi connectivity index (χ1v) is 5.70. The third-order valence-electron chi connectivity index (χ3n) is 2.44. The Hall–Kier alpha value is -0.870. The molecule has 14 heavy (non-hydrogen) atoms. The molecule has 0 aromatic carbocycles. The summed E-state index contributed by atoms with van der Waals surface area (Å²) in [5.41, 5.74) is 0. The summed E-state index contributed by atoms with van der Waals surface area (Å²) >= 11 is 1.71. The molecule has 1 fully saturated rings. The largest absolute Gasteiger partial charge is 0.335 e. The number of thiophene rings is 1. The van der Waals surface area contributed by atoms with Crippen LogP contribution in [-0.2, 0) is 11.3 Å². The maximum atomic E-state index is 11.7. The molecular formula is C10H14N2OS. The molecule has 0 aliphatic carbocycles. The molecule has 3 nitrogen and oxygen atoms in total. The second-order valence-corrected chi connectivity index (χ2v) is 4.55. The van der Waals surface area contributed by atoms with E-state index in [1.54, 1.807) is 11.3 Å². The highest BCUT2D eigenvalue weighted by molar-refractivity contribution is 7.09. The van der Waals surface area contributed by atoms with Crippen molar-refractivity contribution in [1.29, 1.82) is 0 Å². The number of hydrogen-bond donors (Lipinski definition) is 1. The highest BCUT2D eigenvalue weighted by Crippen LogP contribution is 2.13. The Labute approximate surface area is 87.7 Å². The molecule has 4 heteroatoms. The molecule has 1 amide bonds. The summed E-state index contributed by atoms with van der Waals surface area (Å²) in [5.74, 6) is 0.213. The van der Waals surface area contributed by atoms with Crippen LogP contribution in [0.15, 0.2) is 17.5 Å². The van der Waals surface area contributed by atoms with Crippen LogP contribution in [0, 0.1) is 0 Å².